The minimum Gasteiger partial charge on any atom is -0.478 e. The van der Waals surface area contributed by atoms with E-state index >= 15 is 0 Å². The first kappa shape index (κ1) is 17.3. The molecule has 0 saturated heterocycles. The average molecular weight is 384 g/mol. The second-order valence-electron chi connectivity index (χ2n) is 6.53. The van der Waals surface area contributed by atoms with Gasteiger partial charge in [0.2, 0.25) is 0 Å². The molecule has 0 atom stereocenters. The van der Waals surface area contributed by atoms with E-state index in [1.165, 1.54) is 6.07 Å². The maximum atomic E-state index is 12.3. The van der Waals surface area contributed by atoms with Crippen molar-refractivity contribution >= 4 is 37.6 Å². The van der Waals surface area contributed by atoms with Crippen LogP contribution in [-0.4, -0.2) is 35.9 Å². The molecule has 138 valence electrons. The number of aromatic amines is 1. The van der Waals surface area contributed by atoms with Gasteiger partial charge in [0.15, 0.2) is 9.84 Å². The summed E-state index contributed by atoms with van der Waals surface area (Å²) in [6.45, 7) is 3.52. The number of aromatic carboxylic acids is 1. The highest BCUT2D eigenvalue weighted by Gasteiger charge is 2.22. The van der Waals surface area contributed by atoms with E-state index in [9.17, 15) is 18.3 Å². The van der Waals surface area contributed by atoms with E-state index in [1.54, 1.807) is 38.1 Å². The second-order valence-corrected chi connectivity index (χ2v) is 8.51. The Morgan fingerprint density at radius 2 is 1.96 bits per heavy atom. The van der Waals surface area contributed by atoms with E-state index in [1.807, 2.05) is 0 Å². The molecule has 4 aromatic rings. The smallest absolute Gasteiger partial charge is 0.337 e. The third-order valence-electron chi connectivity index (χ3n) is 4.65. The molecule has 0 saturated carbocycles. The largest absolute Gasteiger partial charge is 0.478 e. The van der Waals surface area contributed by atoms with Gasteiger partial charge >= 0.3 is 5.97 Å². The number of benzene rings is 2. The number of nitrogens with one attached hydrogen (secondary N) is 1. The summed E-state index contributed by atoms with van der Waals surface area (Å²) in [5.74, 6) is -0.549. The van der Waals surface area contributed by atoms with Crippen LogP contribution in [0.25, 0.3) is 32.9 Å². The minimum atomic E-state index is -3.51. The number of aromatic nitrogens is 2. The molecule has 0 amide bonds. The van der Waals surface area contributed by atoms with E-state index in [0.29, 0.717) is 44.4 Å². The highest BCUT2D eigenvalue weighted by atomic mass is 32.2. The number of carboxylic acids is 1. The van der Waals surface area contributed by atoms with Crippen LogP contribution in [-0.2, 0) is 9.84 Å². The predicted molar refractivity (Wildman–Crippen MR) is 101 cm³/mol. The Bertz CT molecular complexity index is 1330. The number of sulfone groups is 1. The van der Waals surface area contributed by atoms with Gasteiger partial charge in [0, 0.05) is 28.1 Å². The molecule has 0 unspecified atom stereocenters. The van der Waals surface area contributed by atoms with Gasteiger partial charge in [-0.05, 0) is 43.7 Å². The van der Waals surface area contributed by atoms with Gasteiger partial charge in [0.05, 0.1) is 21.7 Å². The summed E-state index contributed by atoms with van der Waals surface area (Å²) in [6.07, 6.45) is 1.14. The minimum absolute atomic E-state index is 0.0538. The molecule has 0 radical (unpaired) electrons. The summed E-state index contributed by atoms with van der Waals surface area (Å²) in [6, 6.07) is 8.21. The number of rotatable bonds is 3. The number of nitrogens with zero attached hydrogens (tertiary/aromatic N) is 1. The Morgan fingerprint density at radius 3 is 2.56 bits per heavy atom. The van der Waals surface area contributed by atoms with Gasteiger partial charge in [-0.25, -0.2) is 13.2 Å². The molecule has 0 aliphatic carbocycles. The highest BCUT2D eigenvalue weighted by molar-refractivity contribution is 7.91. The van der Waals surface area contributed by atoms with Crippen LogP contribution in [0.5, 0.6) is 0 Å². The van der Waals surface area contributed by atoms with Crippen LogP contribution in [0.2, 0.25) is 0 Å². The van der Waals surface area contributed by atoms with Gasteiger partial charge in [0.25, 0.3) is 0 Å². The maximum absolute atomic E-state index is 12.3. The molecule has 0 fully saturated rings. The summed E-state index contributed by atoms with van der Waals surface area (Å²) >= 11 is 0. The lowest BCUT2D eigenvalue weighted by Crippen LogP contribution is -1.99. The van der Waals surface area contributed by atoms with Crippen molar-refractivity contribution in [1.82, 2.24) is 10.1 Å². The molecular formula is C19H16N2O5S. The second kappa shape index (κ2) is 5.68. The number of carbonyl (C=O) groups is 1. The Balaban J connectivity index is 2.22. The zero-order chi connectivity index (χ0) is 19.5. The lowest BCUT2D eigenvalue weighted by Gasteiger charge is -2.06. The zero-order valence-corrected chi connectivity index (χ0v) is 15.6. The fourth-order valence-electron chi connectivity index (χ4n) is 3.54. The number of fused-ring (bicyclic) bond motifs is 3. The van der Waals surface area contributed by atoms with E-state index in [-0.39, 0.29) is 10.5 Å². The van der Waals surface area contributed by atoms with Crippen molar-refractivity contribution < 1.29 is 22.8 Å². The van der Waals surface area contributed by atoms with Gasteiger partial charge in [-0.1, -0.05) is 11.2 Å². The Labute approximate surface area is 154 Å². The van der Waals surface area contributed by atoms with Crippen LogP contribution in [0.3, 0.4) is 0 Å². The number of carboxylic acid groups (broad SMARTS) is 1. The lowest BCUT2D eigenvalue weighted by molar-refractivity contribution is 0.0699. The molecule has 0 spiro atoms. The van der Waals surface area contributed by atoms with Crippen LogP contribution >= 0.6 is 0 Å². The van der Waals surface area contributed by atoms with Crippen molar-refractivity contribution in [2.45, 2.75) is 18.7 Å². The SMILES string of the molecule is Cc1noc(C)c1-c1cc(C(=O)O)c2[nH]c3cccc(S(C)(=O)=O)c3c2c1. The molecule has 2 N–H and O–H groups in total. The first-order valence-electron chi connectivity index (χ1n) is 8.13. The van der Waals surface area contributed by atoms with Crippen molar-refractivity contribution in [3.8, 4) is 11.1 Å². The van der Waals surface area contributed by atoms with Crippen LogP contribution in [0.4, 0.5) is 0 Å². The van der Waals surface area contributed by atoms with E-state index < -0.39 is 15.8 Å². The topological polar surface area (TPSA) is 113 Å². The summed E-state index contributed by atoms with van der Waals surface area (Å²) in [4.78, 5) is 15.1. The number of hydrogen-bond donors (Lipinski definition) is 2. The first-order valence-corrected chi connectivity index (χ1v) is 10.0. The van der Waals surface area contributed by atoms with E-state index in [4.69, 9.17) is 4.52 Å². The van der Waals surface area contributed by atoms with Crippen molar-refractivity contribution in [1.29, 1.82) is 0 Å². The van der Waals surface area contributed by atoms with Crippen molar-refractivity contribution in [2.24, 2.45) is 0 Å². The standard InChI is InChI=1S/C19H16N2O5S/c1-9-16(10(2)26-21-9)11-7-12-17-14(5-4-6-15(17)27(3,24)25)20-18(12)13(8-11)19(22)23/h4-8,20H,1-3H3,(H,22,23). The molecule has 0 aliphatic heterocycles. The molecular weight excluding hydrogens is 368 g/mol. The first-order chi connectivity index (χ1) is 12.7. The quantitative estimate of drug-likeness (QED) is 0.557. The molecule has 2 aromatic carbocycles. The zero-order valence-electron chi connectivity index (χ0n) is 14.8. The van der Waals surface area contributed by atoms with Crippen LogP contribution < -0.4 is 0 Å². The van der Waals surface area contributed by atoms with Crippen molar-refractivity contribution in [3.05, 3.63) is 47.3 Å². The molecule has 8 heteroatoms. The summed E-state index contributed by atoms with van der Waals surface area (Å²) in [5.41, 5.74) is 2.94. The Kier molecular flexibility index (Phi) is 3.64. The summed E-state index contributed by atoms with van der Waals surface area (Å²) in [5, 5.41) is 14.7. The van der Waals surface area contributed by atoms with Crippen LogP contribution in [0.1, 0.15) is 21.8 Å². The predicted octanol–water partition coefficient (Wildman–Crippen LogP) is 3.69. The number of hydrogen-bond acceptors (Lipinski definition) is 5. The van der Waals surface area contributed by atoms with Crippen LogP contribution in [0.15, 0.2) is 39.8 Å². The Morgan fingerprint density at radius 1 is 1.22 bits per heavy atom. The normalized spacial score (nSPS) is 12.1. The van der Waals surface area contributed by atoms with Gasteiger partial charge in [-0.15, -0.1) is 0 Å². The molecule has 7 nitrogen and oxygen atoms in total. The highest BCUT2D eigenvalue weighted by Crippen LogP contribution is 2.37. The monoisotopic (exact) mass is 384 g/mol. The van der Waals surface area contributed by atoms with Crippen molar-refractivity contribution in [2.75, 3.05) is 6.26 Å². The van der Waals surface area contributed by atoms with E-state index in [2.05, 4.69) is 10.1 Å². The van der Waals surface area contributed by atoms with Gasteiger partial charge in [-0.3, -0.25) is 0 Å². The number of H-pyrrole nitrogens is 1. The molecule has 4 rings (SSSR count). The number of aryl methyl sites for hydroxylation is 2. The third-order valence-corrected chi connectivity index (χ3v) is 5.78. The molecule has 0 bridgehead atoms. The lowest BCUT2D eigenvalue weighted by atomic mass is 9.98. The van der Waals surface area contributed by atoms with Crippen LogP contribution in [0, 0.1) is 13.8 Å². The Hall–Kier alpha value is -3.13. The van der Waals surface area contributed by atoms with Gasteiger partial charge < -0.3 is 14.6 Å². The average Bonchev–Trinajstić information content (AvgIpc) is 3.12. The summed E-state index contributed by atoms with van der Waals surface area (Å²) < 4.78 is 29.8. The fraction of sp³-hybridized carbons (Fsp3) is 0.158. The molecule has 0 aliphatic rings. The molecule has 27 heavy (non-hydrogen) atoms. The van der Waals surface area contributed by atoms with Gasteiger partial charge in [0.1, 0.15) is 5.76 Å². The fourth-order valence-corrected chi connectivity index (χ4v) is 4.46. The van der Waals surface area contributed by atoms with Crippen molar-refractivity contribution in [3.63, 3.8) is 0 Å². The molecule has 2 heterocycles. The maximum Gasteiger partial charge on any atom is 0.337 e. The molecule has 2 aromatic heterocycles. The van der Waals surface area contributed by atoms with Gasteiger partial charge in [-0.2, -0.15) is 0 Å². The third kappa shape index (κ3) is 2.60. The summed E-state index contributed by atoms with van der Waals surface area (Å²) in [7, 11) is -3.51. The van der Waals surface area contributed by atoms with E-state index in [0.717, 1.165) is 6.26 Å².